The highest BCUT2D eigenvalue weighted by molar-refractivity contribution is 5.07. The molecule has 4 nitrogen and oxygen atoms in total. The number of hydrogen-bond acceptors (Lipinski definition) is 4. The van der Waals surface area contributed by atoms with Crippen molar-refractivity contribution in [1.29, 1.82) is 0 Å². The monoisotopic (exact) mass is 265 g/mol. The predicted molar refractivity (Wildman–Crippen MR) is 78.1 cm³/mol. The minimum absolute atomic E-state index is 0.0891. The van der Waals surface area contributed by atoms with Crippen molar-refractivity contribution >= 4 is 0 Å². The van der Waals surface area contributed by atoms with Crippen LogP contribution >= 0.6 is 0 Å². The third-order valence-electron chi connectivity index (χ3n) is 3.38. The summed E-state index contributed by atoms with van der Waals surface area (Å²) in [6.45, 7) is 9.35. The van der Waals surface area contributed by atoms with Crippen LogP contribution < -0.4 is 5.32 Å². The van der Waals surface area contributed by atoms with Crippen LogP contribution in [-0.4, -0.2) is 29.2 Å². The summed E-state index contributed by atoms with van der Waals surface area (Å²) in [4.78, 5) is 8.70. The first-order chi connectivity index (χ1) is 8.98. The molecule has 0 aromatic carbocycles. The zero-order valence-electron chi connectivity index (χ0n) is 12.9. The Hall–Kier alpha value is -1.00. The first kappa shape index (κ1) is 16.1. The smallest absolute Gasteiger partial charge is 0.125 e. The summed E-state index contributed by atoms with van der Waals surface area (Å²) in [5, 5.41) is 3.56. The molecule has 0 spiro atoms. The third kappa shape index (κ3) is 5.66. The van der Waals surface area contributed by atoms with Gasteiger partial charge in [-0.1, -0.05) is 6.92 Å². The quantitative estimate of drug-likeness (QED) is 0.785. The lowest BCUT2D eigenvalue weighted by atomic mass is 9.97. The molecule has 108 valence electrons. The first-order valence-corrected chi connectivity index (χ1v) is 7.06. The predicted octanol–water partition coefficient (Wildman–Crippen LogP) is 3.03. The summed E-state index contributed by atoms with van der Waals surface area (Å²) in [6, 6.07) is 2.27. The molecule has 1 aromatic rings. The van der Waals surface area contributed by atoms with Gasteiger partial charge < -0.3 is 10.1 Å². The number of aromatic nitrogens is 2. The van der Waals surface area contributed by atoms with Crippen molar-refractivity contribution < 1.29 is 4.74 Å². The van der Waals surface area contributed by atoms with E-state index >= 15 is 0 Å². The number of methoxy groups -OCH3 is 1. The molecule has 0 aliphatic heterocycles. The van der Waals surface area contributed by atoms with E-state index in [1.165, 1.54) is 0 Å². The Morgan fingerprint density at radius 1 is 1.42 bits per heavy atom. The van der Waals surface area contributed by atoms with Gasteiger partial charge in [-0.2, -0.15) is 0 Å². The highest BCUT2D eigenvalue weighted by atomic mass is 16.5. The highest BCUT2D eigenvalue weighted by Gasteiger charge is 2.20. The molecule has 1 rings (SSSR count). The van der Waals surface area contributed by atoms with Crippen LogP contribution in [0.2, 0.25) is 0 Å². The lowest BCUT2D eigenvalue weighted by Crippen LogP contribution is -2.28. The van der Waals surface area contributed by atoms with Gasteiger partial charge in [-0.3, -0.25) is 0 Å². The summed E-state index contributed by atoms with van der Waals surface area (Å²) in [6.07, 6.45) is 4.96. The van der Waals surface area contributed by atoms with Crippen molar-refractivity contribution in [3.63, 3.8) is 0 Å². The van der Waals surface area contributed by atoms with E-state index in [1.807, 2.05) is 19.2 Å². The van der Waals surface area contributed by atoms with Crippen LogP contribution in [0.1, 0.15) is 57.6 Å². The third-order valence-corrected chi connectivity index (χ3v) is 3.38. The Morgan fingerprint density at radius 2 is 2.16 bits per heavy atom. The van der Waals surface area contributed by atoms with Crippen LogP contribution in [-0.2, 0) is 4.74 Å². The SMILES string of the molecule is CCCNC(CCC(C)(C)OC)c1ccnc(C)n1. The fraction of sp³-hybridized carbons (Fsp3) is 0.733. The Balaban J connectivity index is 2.71. The average Bonchev–Trinajstić information content (AvgIpc) is 2.39. The maximum Gasteiger partial charge on any atom is 0.125 e. The molecule has 4 heteroatoms. The molecular formula is C15H27N3O. The lowest BCUT2D eigenvalue weighted by Gasteiger charge is -2.26. The fourth-order valence-corrected chi connectivity index (χ4v) is 1.94. The number of nitrogens with zero attached hydrogens (tertiary/aromatic N) is 2. The van der Waals surface area contributed by atoms with Gasteiger partial charge in [-0.05, 0) is 52.6 Å². The van der Waals surface area contributed by atoms with E-state index in [0.29, 0.717) is 0 Å². The van der Waals surface area contributed by atoms with Crippen LogP contribution in [0.15, 0.2) is 12.3 Å². The van der Waals surface area contributed by atoms with Crippen LogP contribution in [0, 0.1) is 6.92 Å². The number of ether oxygens (including phenoxy) is 1. The molecular weight excluding hydrogens is 238 g/mol. The number of hydrogen-bond donors (Lipinski definition) is 1. The molecule has 0 aliphatic carbocycles. The second-order valence-corrected chi connectivity index (χ2v) is 5.54. The average molecular weight is 265 g/mol. The van der Waals surface area contributed by atoms with Gasteiger partial charge in [0.05, 0.1) is 11.3 Å². The molecule has 1 N–H and O–H groups in total. The molecule has 0 fully saturated rings. The topological polar surface area (TPSA) is 47.0 Å². The van der Waals surface area contributed by atoms with E-state index in [4.69, 9.17) is 4.74 Å². The Morgan fingerprint density at radius 3 is 2.74 bits per heavy atom. The van der Waals surface area contributed by atoms with Gasteiger partial charge in [0.15, 0.2) is 0 Å². The molecule has 0 saturated carbocycles. The van der Waals surface area contributed by atoms with Gasteiger partial charge in [0.1, 0.15) is 5.82 Å². The van der Waals surface area contributed by atoms with Gasteiger partial charge in [-0.15, -0.1) is 0 Å². The zero-order chi connectivity index (χ0) is 14.3. The normalized spacial score (nSPS) is 13.5. The number of rotatable bonds is 8. The largest absolute Gasteiger partial charge is 0.379 e. The molecule has 1 aromatic heterocycles. The van der Waals surface area contributed by atoms with Crippen molar-refractivity contribution in [3.8, 4) is 0 Å². The van der Waals surface area contributed by atoms with E-state index in [9.17, 15) is 0 Å². The maximum atomic E-state index is 5.49. The van der Waals surface area contributed by atoms with Crippen LogP contribution in [0.5, 0.6) is 0 Å². The summed E-state index contributed by atoms with van der Waals surface area (Å²) >= 11 is 0. The highest BCUT2D eigenvalue weighted by Crippen LogP contribution is 2.23. The Bertz CT molecular complexity index is 379. The summed E-state index contributed by atoms with van der Waals surface area (Å²) in [7, 11) is 1.77. The summed E-state index contributed by atoms with van der Waals surface area (Å²) < 4.78 is 5.49. The van der Waals surface area contributed by atoms with Gasteiger partial charge in [0, 0.05) is 19.3 Å². The van der Waals surface area contributed by atoms with E-state index in [0.717, 1.165) is 37.3 Å². The molecule has 1 unspecified atom stereocenters. The van der Waals surface area contributed by atoms with Crippen molar-refractivity contribution in [3.05, 3.63) is 23.8 Å². The van der Waals surface area contributed by atoms with Gasteiger partial charge >= 0.3 is 0 Å². The molecule has 0 amide bonds. The fourth-order valence-electron chi connectivity index (χ4n) is 1.94. The Labute approximate surface area is 117 Å². The van der Waals surface area contributed by atoms with Crippen LogP contribution in [0.4, 0.5) is 0 Å². The minimum Gasteiger partial charge on any atom is -0.379 e. The van der Waals surface area contributed by atoms with Gasteiger partial charge in [-0.25, -0.2) is 9.97 Å². The number of aryl methyl sites for hydroxylation is 1. The number of nitrogens with one attached hydrogen (secondary N) is 1. The van der Waals surface area contributed by atoms with Crippen molar-refractivity contribution in [2.45, 2.75) is 58.6 Å². The second kappa shape index (κ2) is 7.56. The van der Waals surface area contributed by atoms with E-state index in [2.05, 4.69) is 36.1 Å². The van der Waals surface area contributed by atoms with Crippen molar-refractivity contribution in [2.24, 2.45) is 0 Å². The second-order valence-electron chi connectivity index (χ2n) is 5.54. The van der Waals surface area contributed by atoms with Gasteiger partial charge in [0.2, 0.25) is 0 Å². The molecule has 0 bridgehead atoms. The lowest BCUT2D eigenvalue weighted by molar-refractivity contribution is 0.0116. The van der Waals surface area contributed by atoms with Crippen molar-refractivity contribution in [1.82, 2.24) is 15.3 Å². The molecule has 0 aliphatic rings. The maximum absolute atomic E-state index is 5.49. The van der Waals surface area contributed by atoms with E-state index in [-0.39, 0.29) is 11.6 Å². The minimum atomic E-state index is -0.0891. The molecule has 0 radical (unpaired) electrons. The summed E-state index contributed by atoms with van der Waals surface area (Å²) in [5.74, 6) is 0.826. The molecule has 1 heterocycles. The van der Waals surface area contributed by atoms with Crippen molar-refractivity contribution in [2.75, 3.05) is 13.7 Å². The first-order valence-electron chi connectivity index (χ1n) is 7.06. The summed E-state index contributed by atoms with van der Waals surface area (Å²) in [5.41, 5.74) is 0.988. The van der Waals surface area contributed by atoms with Crippen LogP contribution in [0.25, 0.3) is 0 Å². The van der Waals surface area contributed by atoms with Gasteiger partial charge in [0.25, 0.3) is 0 Å². The molecule has 1 atom stereocenters. The van der Waals surface area contributed by atoms with E-state index in [1.54, 1.807) is 7.11 Å². The molecule has 19 heavy (non-hydrogen) atoms. The standard InChI is InChI=1S/C15H27N3O/c1-6-10-17-13(7-9-15(3,4)19-5)14-8-11-16-12(2)18-14/h8,11,13,17H,6-7,9-10H2,1-5H3. The van der Waals surface area contributed by atoms with E-state index < -0.39 is 0 Å². The zero-order valence-corrected chi connectivity index (χ0v) is 12.9. The Kier molecular flexibility index (Phi) is 6.38. The molecule has 0 saturated heterocycles. The van der Waals surface area contributed by atoms with Crippen LogP contribution in [0.3, 0.4) is 0 Å².